The first kappa shape index (κ1) is 15.4. The molecule has 1 aromatic rings. The Kier molecular flexibility index (Phi) is 6.65. The quantitative estimate of drug-likeness (QED) is 0.833. The Labute approximate surface area is 104 Å². The SMILES string of the molecule is CCc1ccc(CNC(C)(C)CO)cc1.Cl. The Morgan fingerprint density at radius 1 is 1.12 bits per heavy atom. The normalized spacial score (nSPS) is 11.0. The van der Waals surface area contributed by atoms with Crippen LogP contribution in [0.3, 0.4) is 0 Å². The predicted octanol–water partition coefficient (Wildman–Crippen LogP) is 2.53. The molecule has 0 atom stereocenters. The number of benzene rings is 1. The van der Waals surface area contributed by atoms with Gasteiger partial charge in [0.2, 0.25) is 0 Å². The van der Waals surface area contributed by atoms with Crippen molar-refractivity contribution in [3.63, 3.8) is 0 Å². The van der Waals surface area contributed by atoms with Crippen LogP contribution in [-0.2, 0) is 13.0 Å². The van der Waals surface area contributed by atoms with Gasteiger partial charge in [-0.05, 0) is 31.4 Å². The molecule has 0 aliphatic carbocycles. The molecule has 0 aliphatic rings. The molecule has 0 bridgehead atoms. The first-order chi connectivity index (χ1) is 7.07. The minimum Gasteiger partial charge on any atom is -0.394 e. The van der Waals surface area contributed by atoms with E-state index in [0.717, 1.165) is 13.0 Å². The lowest BCUT2D eigenvalue weighted by molar-refractivity contribution is 0.187. The number of aliphatic hydroxyl groups is 1. The van der Waals surface area contributed by atoms with E-state index in [9.17, 15) is 0 Å². The van der Waals surface area contributed by atoms with Gasteiger partial charge in [-0.1, -0.05) is 31.2 Å². The molecule has 0 amide bonds. The Bertz CT molecular complexity index is 295. The minimum atomic E-state index is -0.205. The lowest BCUT2D eigenvalue weighted by atomic mass is 10.1. The molecule has 0 aliphatic heterocycles. The van der Waals surface area contributed by atoms with Crippen molar-refractivity contribution >= 4 is 12.4 Å². The average molecular weight is 244 g/mol. The van der Waals surface area contributed by atoms with Crippen LogP contribution in [0, 0.1) is 0 Å². The van der Waals surface area contributed by atoms with E-state index in [2.05, 4.69) is 36.5 Å². The van der Waals surface area contributed by atoms with E-state index in [1.807, 2.05) is 13.8 Å². The lowest BCUT2D eigenvalue weighted by Crippen LogP contribution is -2.42. The number of hydrogen-bond donors (Lipinski definition) is 2. The molecule has 0 heterocycles. The Balaban J connectivity index is 0.00000225. The molecule has 3 heteroatoms. The number of halogens is 1. The third-order valence-electron chi connectivity index (χ3n) is 2.60. The minimum absolute atomic E-state index is 0. The van der Waals surface area contributed by atoms with Gasteiger partial charge in [-0.25, -0.2) is 0 Å². The van der Waals surface area contributed by atoms with Crippen molar-refractivity contribution in [2.24, 2.45) is 0 Å². The summed E-state index contributed by atoms with van der Waals surface area (Å²) in [6.45, 7) is 7.10. The number of aryl methyl sites for hydroxylation is 1. The van der Waals surface area contributed by atoms with Crippen molar-refractivity contribution in [3.05, 3.63) is 35.4 Å². The summed E-state index contributed by atoms with van der Waals surface area (Å²) in [5, 5.41) is 12.4. The first-order valence-electron chi connectivity index (χ1n) is 5.51. The zero-order valence-corrected chi connectivity index (χ0v) is 11.1. The van der Waals surface area contributed by atoms with E-state index in [1.165, 1.54) is 11.1 Å². The van der Waals surface area contributed by atoms with Gasteiger partial charge < -0.3 is 10.4 Å². The van der Waals surface area contributed by atoms with Gasteiger partial charge in [0.15, 0.2) is 0 Å². The van der Waals surface area contributed by atoms with Gasteiger partial charge in [-0.3, -0.25) is 0 Å². The van der Waals surface area contributed by atoms with Gasteiger partial charge >= 0.3 is 0 Å². The van der Waals surface area contributed by atoms with Crippen LogP contribution in [0.2, 0.25) is 0 Å². The summed E-state index contributed by atoms with van der Waals surface area (Å²) in [4.78, 5) is 0. The fraction of sp³-hybridized carbons (Fsp3) is 0.538. The van der Waals surface area contributed by atoms with Crippen LogP contribution in [0.4, 0.5) is 0 Å². The summed E-state index contributed by atoms with van der Waals surface area (Å²) in [7, 11) is 0. The topological polar surface area (TPSA) is 32.3 Å². The summed E-state index contributed by atoms with van der Waals surface area (Å²) < 4.78 is 0. The van der Waals surface area contributed by atoms with Crippen LogP contribution in [0.5, 0.6) is 0 Å². The molecular weight excluding hydrogens is 222 g/mol. The second-order valence-electron chi connectivity index (χ2n) is 4.57. The molecule has 16 heavy (non-hydrogen) atoms. The summed E-state index contributed by atoms with van der Waals surface area (Å²) in [6, 6.07) is 8.59. The molecule has 92 valence electrons. The van der Waals surface area contributed by atoms with Gasteiger partial charge in [0.25, 0.3) is 0 Å². The molecular formula is C13H22ClNO. The molecule has 2 nitrogen and oxygen atoms in total. The van der Waals surface area contributed by atoms with Gasteiger partial charge in [0.05, 0.1) is 6.61 Å². The predicted molar refractivity (Wildman–Crippen MR) is 71.1 cm³/mol. The van der Waals surface area contributed by atoms with Crippen LogP contribution in [0.25, 0.3) is 0 Å². The lowest BCUT2D eigenvalue weighted by Gasteiger charge is -2.23. The van der Waals surface area contributed by atoms with Crippen molar-refractivity contribution in [3.8, 4) is 0 Å². The van der Waals surface area contributed by atoms with Crippen molar-refractivity contribution in [2.75, 3.05) is 6.61 Å². The Hall–Kier alpha value is -0.570. The second-order valence-corrected chi connectivity index (χ2v) is 4.57. The largest absolute Gasteiger partial charge is 0.394 e. The molecule has 0 saturated carbocycles. The summed E-state index contributed by atoms with van der Waals surface area (Å²) in [5.74, 6) is 0. The smallest absolute Gasteiger partial charge is 0.0607 e. The highest BCUT2D eigenvalue weighted by Crippen LogP contribution is 2.07. The van der Waals surface area contributed by atoms with Gasteiger partial charge in [0.1, 0.15) is 0 Å². The van der Waals surface area contributed by atoms with E-state index in [1.54, 1.807) is 0 Å². The van der Waals surface area contributed by atoms with Gasteiger partial charge in [0, 0.05) is 12.1 Å². The fourth-order valence-corrected chi connectivity index (χ4v) is 1.29. The molecule has 1 rings (SSSR count). The summed E-state index contributed by atoms with van der Waals surface area (Å²) >= 11 is 0. The Morgan fingerprint density at radius 2 is 1.62 bits per heavy atom. The average Bonchev–Trinajstić information content (AvgIpc) is 2.27. The van der Waals surface area contributed by atoms with Crippen LogP contribution in [-0.4, -0.2) is 17.3 Å². The van der Waals surface area contributed by atoms with Crippen LogP contribution < -0.4 is 5.32 Å². The zero-order chi connectivity index (χ0) is 11.3. The van der Waals surface area contributed by atoms with Crippen molar-refractivity contribution < 1.29 is 5.11 Å². The highest BCUT2D eigenvalue weighted by atomic mass is 35.5. The number of aliphatic hydroxyl groups excluding tert-OH is 1. The molecule has 1 aromatic carbocycles. The van der Waals surface area contributed by atoms with Gasteiger partial charge in [-0.15, -0.1) is 12.4 Å². The molecule has 0 radical (unpaired) electrons. The van der Waals surface area contributed by atoms with E-state index in [-0.39, 0.29) is 24.6 Å². The van der Waals surface area contributed by atoms with E-state index >= 15 is 0 Å². The molecule has 0 spiro atoms. The maximum atomic E-state index is 9.09. The molecule has 0 saturated heterocycles. The van der Waals surface area contributed by atoms with Crippen LogP contribution >= 0.6 is 12.4 Å². The number of rotatable bonds is 5. The highest BCUT2D eigenvalue weighted by Gasteiger charge is 2.14. The van der Waals surface area contributed by atoms with E-state index in [0.29, 0.717) is 0 Å². The molecule has 2 N–H and O–H groups in total. The van der Waals surface area contributed by atoms with Crippen molar-refractivity contribution in [1.29, 1.82) is 0 Å². The zero-order valence-electron chi connectivity index (χ0n) is 10.3. The van der Waals surface area contributed by atoms with E-state index < -0.39 is 0 Å². The fourth-order valence-electron chi connectivity index (χ4n) is 1.29. The standard InChI is InChI=1S/C13H21NO.ClH/c1-4-11-5-7-12(8-6-11)9-14-13(2,3)10-15;/h5-8,14-15H,4,9-10H2,1-3H3;1H. The van der Waals surface area contributed by atoms with E-state index in [4.69, 9.17) is 5.11 Å². The third-order valence-corrected chi connectivity index (χ3v) is 2.60. The maximum absolute atomic E-state index is 9.09. The molecule has 0 unspecified atom stereocenters. The van der Waals surface area contributed by atoms with Crippen LogP contribution in [0.15, 0.2) is 24.3 Å². The van der Waals surface area contributed by atoms with Gasteiger partial charge in [-0.2, -0.15) is 0 Å². The summed E-state index contributed by atoms with van der Waals surface area (Å²) in [5.41, 5.74) is 2.41. The maximum Gasteiger partial charge on any atom is 0.0607 e. The van der Waals surface area contributed by atoms with Crippen molar-refractivity contribution in [2.45, 2.75) is 39.3 Å². The summed E-state index contributed by atoms with van der Waals surface area (Å²) in [6.07, 6.45) is 1.08. The molecule has 0 aromatic heterocycles. The molecule has 0 fully saturated rings. The van der Waals surface area contributed by atoms with Crippen molar-refractivity contribution in [1.82, 2.24) is 5.32 Å². The third kappa shape index (κ3) is 4.97. The van der Waals surface area contributed by atoms with Crippen LogP contribution in [0.1, 0.15) is 31.9 Å². The first-order valence-corrected chi connectivity index (χ1v) is 5.51. The number of nitrogens with one attached hydrogen (secondary N) is 1. The number of hydrogen-bond acceptors (Lipinski definition) is 2. The Morgan fingerprint density at radius 3 is 2.06 bits per heavy atom. The second kappa shape index (κ2) is 6.89. The monoisotopic (exact) mass is 243 g/mol. The highest BCUT2D eigenvalue weighted by molar-refractivity contribution is 5.85.